The summed E-state index contributed by atoms with van der Waals surface area (Å²) in [6.07, 6.45) is 8.40. The number of anilines is 2. The molecule has 7 aromatic rings. The average Bonchev–Trinajstić information content (AvgIpc) is 4.07. The molecule has 10 rings (SSSR count). The Kier molecular flexibility index (Phi) is 9.05. The van der Waals surface area contributed by atoms with Gasteiger partial charge >= 0.3 is 12.0 Å². The number of hydrogen-bond donors (Lipinski definition) is 0. The molecule has 0 N–H and O–H groups in total. The van der Waals surface area contributed by atoms with E-state index in [4.69, 9.17) is 18.3 Å². The number of nitrogens with zero attached hydrogens (tertiary/aromatic N) is 6. The van der Waals surface area contributed by atoms with Crippen LogP contribution in [0.5, 0.6) is 23.0 Å². The summed E-state index contributed by atoms with van der Waals surface area (Å²) in [4.78, 5) is 55.1. The van der Waals surface area contributed by atoms with E-state index in [1.165, 1.54) is 12.1 Å². The lowest BCUT2D eigenvalue weighted by Gasteiger charge is -2.26. The van der Waals surface area contributed by atoms with E-state index in [1.54, 1.807) is 24.3 Å². The summed E-state index contributed by atoms with van der Waals surface area (Å²) in [6, 6.07) is 31.8. The summed E-state index contributed by atoms with van der Waals surface area (Å²) >= 11 is 0. The molecule has 304 valence electrons. The average molecular weight is 823 g/mol. The zero-order valence-electron chi connectivity index (χ0n) is 33.4. The van der Waals surface area contributed by atoms with Crippen molar-refractivity contribution in [2.24, 2.45) is 0 Å². The number of imide groups is 2. The SMILES string of the molecule is Cc1ccc(-c2nnc(N3C(=O)c4ccc(Oc5ccc(C(C)(C)c6ccc(Oc7ccc8c(c7)C(=O)N(c7nnc(C9C=CC=CC9)o7)C8=O)cc6)cc5)cc4C3=O)o2)cc1. The number of carbonyl (C=O) groups excluding carboxylic acids is 4. The Morgan fingerprint density at radius 2 is 1.06 bits per heavy atom. The molecule has 1 unspecified atom stereocenters. The van der Waals surface area contributed by atoms with Crippen LogP contribution in [-0.2, 0) is 5.41 Å². The second-order valence-electron chi connectivity index (χ2n) is 15.5. The number of aryl methyl sites for hydroxylation is 1. The highest BCUT2D eigenvalue weighted by molar-refractivity contribution is 6.34. The molecule has 0 fully saturated rings. The molecule has 14 heteroatoms. The first kappa shape index (κ1) is 38.0. The normalized spacial score (nSPS) is 15.7. The van der Waals surface area contributed by atoms with Gasteiger partial charge in [0.05, 0.1) is 28.2 Å². The van der Waals surface area contributed by atoms with Crippen LogP contribution in [-0.4, -0.2) is 44.0 Å². The standard InChI is InChI=1S/C48H34N6O8/c1-27-9-11-29(12-10-27)41-50-52-47(62-41)54-43(56)37-24-22-35(26-39(37)45(54)58)60-33-19-15-31(16-20-33)48(2,3)30-13-17-32(18-14-30)59-34-21-23-36-38(25-34)44(57)53(42(36)55)46-51-49-40(61-46)28-7-5-4-6-8-28/h4-7,9-26,28H,8H2,1-3H3. The first-order valence-corrected chi connectivity index (χ1v) is 19.7. The maximum absolute atomic E-state index is 13.4. The Hall–Kier alpha value is -8.26. The lowest BCUT2D eigenvalue weighted by molar-refractivity contribution is 0.0902. The number of rotatable bonds is 10. The van der Waals surface area contributed by atoms with Gasteiger partial charge in [-0.3, -0.25) is 19.2 Å². The Morgan fingerprint density at radius 1 is 0.565 bits per heavy atom. The quantitative estimate of drug-likeness (QED) is 0.120. The number of aromatic nitrogens is 4. The Labute approximate surface area is 353 Å². The molecule has 5 aromatic carbocycles. The fourth-order valence-corrected chi connectivity index (χ4v) is 7.58. The second-order valence-corrected chi connectivity index (χ2v) is 15.5. The molecule has 0 saturated heterocycles. The highest BCUT2D eigenvalue weighted by Crippen LogP contribution is 2.38. The van der Waals surface area contributed by atoms with Gasteiger partial charge in [-0.15, -0.1) is 10.2 Å². The zero-order chi connectivity index (χ0) is 42.7. The van der Waals surface area contributed by atoms with Gasteiger partial charge < -0.3 is 18.3 Å². The maximum atomic E-state index is 13.4. The number of benzene rings is 5. The van der Waals surface area contributed by atoms with Crippen molar-refractivity contribution >= 4 is 35.7 Å². The predicted molar refractivity (Wildman–Crippen MR) is 225 cm³/mol. The van der Waals surface area contributed by atoms with Gasteiger partial charge in [0.1, 0.15) is 23.0 Å². The monoisotopic (exact) mass is 822 g/mol. The lowest BCUT2D eigenvalue weighted by atomic mass is 9.78. The maximum Gasteiger partial charge on any atom is 0.332 e. The minimum Gasteiger partial charge on any atom is -0.457 e. The summed E-state index contributed by atoms with van der Waals surface area (Å²) in [5.41, 5.74) is 4.11. The highest BCUT2D eigenvalue weighted by Gasteiger charge is 2.42. The minimum absolute atomic E-state index is 0.125. The fraction of sp³-hybridized carbons (Fsp3) is 0.125. The number of fused-ring (bicyclic) bond motifs is 2. The van der Waals surface area contributed by atoms with Crippen LogP contribution in [0.3, 0.4) is 0 Å². The molecular formula is C48H34N6O8. The summed E-state index contributed by atoms with van der Waals surface area (Å²) in [6.45, 7) is 6.16. The molecule has 0 bridgehead atoms. The van der Waals surface area contributed by atoms with Crippen molar-refractivity contribution in [3.05, 3.63) is 178 Å². The van der Waals surface area contributed by atoms with Crippen LogP contribution in [0, 0.1) is 6.92 Å². The van der Waals surface area contributed by atoms with Gasteiger partial charge in [0, 0.05) is 11.0 Å². The van der Waals surface area contributed by atoms with Crippen molar-refractivity contribution in [1.29, 1.82) is 0 Å². The predicted octanol–water partition coefficient (Wildman–Crippen LogP) is 9.54. The number of ether oxygens (including phenoxy) is 2. The third kappa shape index (κ3) is 6.63. The van der Waals surface area contributed by atoms with Crippen molar-refractivity contribution in [3.63, 3.8) is 0 Å². The molecule has 0 radical (unpaired) electrons. The Balaban J connectivity index is 0.786. The van der Waals surface area contributed by atoms with E-state index in [1.807, 2.05) is 104 Å². The minimum atomic E-state index is -0.588. The second kappa shape index (κ2) is 14.8. The van der Waals surface area contributed by atoms with Crippen molar-refractivity contribution in [2.75, 3.05) is 9.80 Å². The first-order valence-electron chi connectivity index (χ1n) is 19.7. The van der Waals surface area contributed by atoms with Crippen molar-refractivity contribution in [3.8, 4) is 34.5 Å². The molecule has 4 heterocycles. The number of amides is 4. The van der Waals surface area contributed by atoms with E-state index < -0.39 is 29.0 Å². The van der Waals surface area contributed by atoms with Crippen LogP contribution in [0.2, 0.25) is 0 Å². The summed E-state index contributed by atoms with van der Waals surface area (Å²) in [5, 5.41) is 16.1. The van der Waals surface area contributed by atoms with E-state index in [-0.39, 0.29) is 46.1 Å². The molecule has 0 saturated carbocycles. The topological polar surface area (TPSA) is 171 Å². The van der Waals surface area contributed by atoms with E-state index in [2.05, 4.69) is 34.2 Å². The molecule has 3 aliphatic rings. The smallest absolute Gasteiger partial charge is 0.332 e. The van der Waals surface area contributed by atoms with Crippen LogP contribution in [0.25, 0.3) is 11.5 Å². The highest BCUT2D eigenvalue weighted by atomic mass is 16.5. The molecule has 1 atom stereocenters. The van der Waals surface area contributed by atoms with Gasteiger partial charge in [-0.05, 0) is 97.3 Å². The number of hydrogen-bond acceptors (Lipinski definition) is 12. The molecule has 14 nitrogen and oxygen atoms in total. The molecule has 62 heavy (non-hydrogen) atoms. The van der Waals surface area contributed by atoms with E-state index in [9.17, 15) is 19.2 Å². The third-order valence-corrected chi connectivity index (χ3v) is 11.2. The number of carbonyl (C=O) groups is 4. The molecular weight excluding hydrogens is 789 g/mol. The zero-order valence-corrected chi connectivity index (χ0v) is 33.4. The lowest BCUT2D eigenvalue weighted by Crippen LogP contribution is -2.29. The van der Waals surface area contributed by atoms with Crippen molar-refractivity contribution in [1.82, 2.24) is 20.4 Å². The molecule has 1 aliphatic carbocycles. The summed E-state index contributed by atoms with van der Waals surface area (Å²) < 4.78 is 23.8. The van der Waals surface area contributed by atoms with Crippen LogP contribution < -0.4 is 19.3 Å². The van der Waals surface area contributed by atoms with Crippen molar-refractivity contribution < 1.29 is 37.5 Å². The number of allylic oxidation sites excluding steroid dienone is 4. The fourth-order valence-electron chi connectivity index (χ4n) is 7.58. The Bertz CT molecular complexity index is 3020. The van der Waals surface area contributed by atoms with E-state index in [0.717, 1.165) is 26.5 Å². The first-order chi connectivity index (χ1) is 30.0. The molecule has 0 spiro atoms. The van der Waals surface area contributed by atoms with Gasteiger partial charge in [0.25, 0.3) is 23.6 Å². The Morgan fingerprint density at radius 3 is 1.60 bits per heavy atom. The van der Waals surface area contributed by atoms with Gasteiger partial charge in [-0.2, -0.15) is 9.80 Å². The molecule has 2 aliphatic heterocycles. The van der Waals surface area contributed by atoms with Crippen LogP contribution in [0.15, 0.2) is 142 Å². The van der Waals surface area contributed by atoms with Crippen molar-refractivity contribution in [2.45, 2.75) is 38.5 Å². The van der Waals surface area contributed by atoms with Crippen LogP contribution in [0.4, 0.5) is 12.0 Å². The van der Waals surface area contributed by atoms with Gasteiger partial charge in [0.2, 0.25) is 11.8 Å². The third-order valence-electron chi connectivity index (χ3n) is 11.2. The summed E-state index contributed by atoms with van der Waals surface area (Å²) in [7, 11) is 0. The molecule has 2 aromatic heterocycles. The van der Waals surface area contributed by atoms with Gasteiger partial charge in [-0.1, -0.05) is 90.3 Å². The molecule has 4 amide bonds. The van der Waals surface area contributed by atoms with Gasteiger partial charge in [0.15, 0.2) is 0 Å². The van der Waals surface area contributed by atoms with E-state index >= 15 is 0 Å². The van der Waals surface area contributed by atoms with Crippen LogP contribution >= 0.6 is 0 Å². The summed E-state index contributed by atoms with van der Waals surface area (Å²) in [5.74, 6) is -0.0269. The van der Waals surface area contributed by atoms with E-state index in [0.29, 0.717) is 40.9 Å². The van der Waals surface area contributed by atoms with Gasteiger partial charge in [-0.25, -0.2) is 0 Å². The largest absolute Gasteiger partial charge is 0.457 e. The van der Waals surface area contributed by atoms with Crippen LogP contribution in [0.1, 0.15) is 90.2 Å².